The Morgan fingerprint density at radius 2 is 1.77 bits per heavy atom. The van der Waals surface area contributed by atoms with Crippen LogP contribution in [0, 0.1) is 0 Å². The summed E-state index contributed by atoms with van der Waals surface area (Å²) in [5.74, 6) is -0.430. The van der Waals surface area contributed by atoms with Crippen molar-refractivity contribution in [3.8, 4) is 11.5 Å². The van der Waals surface area contributed by atoms with Gasteiger partial charge < -0.3 is 19.5 Å². The van der Waals surface area contributed by atoms with E-state index in [1.54, 1.807) is 12.1 Å². The van der Waals surface area contributed by atoms with Gasteiger partial charge in [-0.2, -0.15) is 0 Å². The zero-order valence-corrected chi connectivity index (χ0v) is 14.2. The number of benzene rings is 1. The van der Waals surface area contributed by atoms with Crippen LogP contribution in [0.5, 0.6) is 11.5 Å². The van der Waals surface area contributed by atoms with Crippen LogP contribution in [0.1, 0.15) is 30.1 Å². The maximum Gasteiger partial charge on any atom is 0.326 e. The average molecular weight is 372 g/mol. The number of ether oxygens (including phenoxy) is 2. The minimum absolute atomic E-state index is 0.0146. The van der Waals surface area contributed by atoms with E-state index in [4.69, 9.17) is 9.47 Å². The number of carboxylic acids is 1. The number of rotatable bonds is 6. The number of amides is 1. The quantitative estimate of drug-likeness (QED) is 0.831. The molecule has 1 saturated carbocycles. The zero-order chi connectivity index (χ0) is 16.4. The molecule has 1 atom stereocenters. The molecule has 6 nitrogen and oxygen atoms in total. The molecule has 1 aliphatic rings. The molecule has 0 spiro atoms. The number of methoxy groups -OCH3 is 2. The van der Waals surface area contributed by atoms with Gasteiger partial charge in [0.1, 0.15) is 22.0 Å². The molecule has 1 fully saturated rings. The SMILES string of the molecule is COc1cc(C(=O)N(C2CC2)C(C)C(=O)O)cc(OC)c1Br. The molecule has 1 unspecified atom stereocenters. The first kappa shape index (κ1) is 16.6. The third-order valence-corrected chi connectivity index (χ3v) is 4.42. The predicted molar refractivity (Wildman–Crippen MR) is 83.5 cm³/mol. The van der Waals surface area contributed by atoms with Crippen molar-refractivity contribution in [3.05, 3.63) is 22.2 Å². The van der Waals surface area contributed by atoms with E-state index in [0.29, 0.717) is 21.5 Å². The fourth-order valence-electron chi connectivity index (χ4n) is 2.27. The molecule has 120 valence electrons. The van der Waals surface area contributed by atoms with E-state index in [-0.39, 0.29) is 11.9 Å². The Morgan fingerprint density at radius 3 is 2.14 bits per heavy atom. The van der Waals surface area contributed by atoms with Gasteiger partial charge in [0.05, 0.1) is 14.2 Å². The minimum Gasteiger partial charge on any atom is -0.495 e. The van der Waals surface area contributed by atoms with Crippen LogP contribution in [-0.2, 0) is 4.79 Å². The smallest absolute Gasteiger partial charge is 0.326 e. The van der Waals surface area contributed by atoms with E-state index in [0.717, 1.165) is 12.8 Å². The fourth-order valence-corrected chi connectivity index (χ4v) is 2.82. The van der Waals surface area contributed by atoms with Gasteiger partial charge >= 0.3 is 5.97 Å². The number of halogens is 1. The second-order valence-electron chi connectivity index (χ2n) is 5.15. The van der Waals surface area contributed by atoms with Crippen molar-refractivity contribution in [1.82, 2.24) is 4.90 Å². The highest BCUT2D eigenvalue weighted by Crippen LogP contribution is 2.37. The third kappa shape index (κ3) is 3.19. The maximum atomic E-state index is 12.8. The van der Waals surface area contributed by atoms with Crippen molar-refractivity contribution in [1.29, 1.82) is 0 Å². The first-order valence-corrected chi connectivity index (χ1v) is 7.67. The molecule has 0 aliphatic heterocycles. The summed E-state index contributed by atoms with van der Waals surface area (Å²) in [4.78, 5) is 25.4. The lowest BCUT2D eigenvalue weighted by molar-refractivity contribution is -0.141. The van der Waals surface area contributed by atoms with Gasteiger partial charge in [-0.25, -0.2) is 4.79 Å². The molecule has 0 bridgehead atoms. The van der Waals surface area contributed by atoms with Crippen LogP contribution >= 0.6 is 15.9 Å². The largest absolute Gasteiger partial charge is 0.495 e. The first-order chi connectivity index (χ1) is 10.4. The Balaban J connectivity index is 2.40. The predicted octanol–water partition coefficient (Wildman–Crippen LogP) is 2.54. The second-order valence-corrected chi connectivity index (χ2v) is 5.95. The molecule has 1 aromatic carbocycles. The number of nitrogens with zero attached hydrogens (tertiary/aromatic N) is 1. The van der Waals surface area contributed by atoms with Crippen molar-refractivity contribution in [2.75, 3.05) is 14.2 Å². The summed E-state index contributed by atoms with van der Waals surface area (Å²) in [6.07, 6.45) is 1.66. The van der Waals surface area contributed by atoms with Crippen molar-refractivity contribution >= 4 is 27.8 Å². The van der Waals surface area contributed by atoms with Crippen LogP contribution in [0.4, 0.5) is 0 Å². The van der Waals surface area contributed by atoms with Gasteiger partial charge in [-0.15, -0.1) is 0 Å². The lowest BCUT2D eigenvalue weighted by Crippen LogP contribution is -2.44. The van der Waals surface area contributed by atoms with E-state index in [9.17, 15) is 14.7 Å². The molecule has 1 amide bonds. The highest BCUT2D eigenvalue weighted by Gasteiger charge is 2.39. The van der Waals surface area contributed by atoms with Crippen LogP contribution in [0.2, 0.25) is 0 Å². The monoisotopic (exact) mass is 371 g/mol. The molecular weight excluding hydrogens is 354 g/mol. The molecule has 0 heterocycles. The van der Waals surface area contributed by atoms with E-state index in [1.807, 2.05) is 0 Å². The fraction of sp³-hybridized carbons (Fsp3) is 0.467. The lowest BCUT2D eigenvalue weighted by Gasteiger charge is -2.27. The van der Waals surface area contributed by atoms with Crippen molar-refractivity contribution < 1.29 is 24.2 Å². The topological polar surface area (TPSA) is 76.1 Å². The van der Waals surface area contributed by atoms with Crippen molar-refractivity contribution in [3.63, 3.8) is 0 Å². The molecule has 0 saturated heterocycles. The number of carboxylic acid groups (broad SMARTS) is 1. The lowest BCUT2D eigenvalue weighted by atomic mass is 10.1. The molecule has 2 rings (SSSR count). The molecule has 1 aromatic rings. The Morgan fingerprint density at radius 1 is 1.27 bits per heavy atom. The van der Waals surface area contributed by atoms with Crippen LogP contribution in [-0.4, -0.2) is 48.2 Å². The van der Waals surface area contributed by atoms with Gasteiger partial charge in [0.25, 0.3) is 5.91 Å². The maximum absolute atomic E-state index is 12.8. The van der Waals surface area contributed by atoms with Crippen LogP contribution in [0.25, 0.3) is 0 Å². The normalized spacial score (nSPS) is 15.1. The summed E-state index contributed by atoms with van der Waals surface area (Å²) in [5, 5.41) is 9.22. The van der Waals surface area contributed by atoms with Crippen LogP contribution < -0.4 is 9.47 Å². The highest BCUT2D eigenvalue weighted by molar-refractivity contribution is 9.10. The van der Waals surface area contributed by atoms with Gasteiger partial charge in [0, 0.05) is 11.6 Å². The Hall–Kier alpha value is -1.76. The summed E-state index contributed by atoms with van der Waals surface area (Å²) in [6, 6.07) is 2.28. The van der Waals surface area contributed by atoms with Gasteiger partial charge in [-0.3, -0.25) is 4.79 Å². The number of hydrogen-bond donors (Lipinski definition) is 1. The Bertz CT molecular complexity index is 575. The van der Waals surface area contributed by atoms with Crippen LogP contribution in [0.15, 0.2) is 16.6 Å². The van der Waals surface area contributed by atoms with Crippen molar-refractivity contribution in [2.45, 2.75) is 31.8 Å². The van der Waals surface area contributed by atoms with Gasteiger partial charge in [0.2, 0.25) is 0 Å². The molecule has 0 aromatic heterocycles. The second kappa shape index (κ2) is 6.56. The summed E-state index contributed by atoms with van der Waals surface area (Å²) >= 11 is 3.35. The number of hydrogen-bond acceptors (Lipinski definition) is 4. The Kier molecular flexibility index (Phi) is 4.95. The van der Waals surface area contributed by atoms with Gasteiger partial charge in [-0.05, 0) is 47.8 Å². The Labute approximate surface area is 137 Å². The number of carbonyl (C=O) groups is 2. The number of carbonyl (C=O) groups excluding carboxylic acids is 1. The number of aliphatic carboxylic acids is 1. The molecular formula is C15H18BrNO5. The third-order valence-electron chi connectivity index (χ3n) is 3.64. The molecule has 0 radical (unpaired) electrons. The molecule has 7 heteroatoms. The molecule has 22 heavy (non-hydrogen) atoms. The minimum atomic E-state index is -1.02. The summed E-state index contributed by atoms with van der Waals surface area (Å²) < 4.78 is 11.1. The summed E-state index contributed by atoms with van der Waals surface area (Å²) in [6.45, 7) is 1.52. The van der Waals surface area contributed by atoms with E-state index in [1.165, 1.54) is 26.0 Å². The highest BCUT2D eigenvalue weighted by atomic mass is 79.9. The van der Waals surface area contributed by atoms with Gasteiger partial charge in [0.15, 0.2) is 0 Å². The molecule has 1 N–H and O–H groups in total. The van der Waals surface area contributed by atoms with E-state index in [2.05, 4.69) is 15.9 Å². The van der Waals surface area contributed by atoms with Crippen molar-refractivity contribution in [2.24, 2.45) is 0 Å². The van der Waals surface area contributed by atoms with E-state index >= 15 is 0 Å². The zero-order valence-electron chi connectivity index (χ0n) is 12.6. The summed E-state index contributed by atoms with van der Waals surface area (Å²) in [5.41, 5.74) is 0.344. The average Bonchev–Trinajstić information content (AvgIpc) is 3.32. The molecule has 1 aliphatic carbocycles. The van der Waals surface area contributed by atoms with E-state index < -0.39 is 12.0 Å². The van der Waals surface area contributed by atoms with Gasteiger partial charge in [-0.1, -0.05) is 0 Å². The standard InChI is InChI=1S/C15H18BrNO5/c1-8(15(19)20)17(10-4-5-10)14(18)9-6-11(21-2)13(16)12(7-9)22-3/h6-8,10H,4-5H2,1-3H3,(H,19,20). The summed E-state index contributed by atoms with van der Waals surface area (Å²) in [7, 11) is 2.98. The first-order valence-electron chi connectivity index (χ1n) is 6.87. The van der Waals surface area contributed by atoms with Crippen LogP contribution in [0.3, 0.4) is 0 Å².